The molecule has 262 valence electrons. The molecule has 0 unspecified atom stereocenters. The maximum Gasteiger partial charge on any atom is 0.269 e. The fourth-order valence-corrected chi connectivity index (χ4v) is 7.26. The van der Waals surface area contributed by atoms with Crippen LogP contribution in [0.3, 0.4) is 0 Å². The predicted molar refractivity (Wildman–Crippen MR) is 223 cm³/mol. The fraction of sp³-hybridized carbons (Fsp3) is 0.0400. The summed E-state index contributed by atoms with van der Waals surface area (Å²) in [6, 6.07) is 32.7. The van der Waals surface area contributed by atoms with E-state index in [0.29, 0.717) is 28.2 Å². The molecule has 0 bridgehead atoms. The van der Waals surface area contributed by atoms with Crippen LogP contribution in [0.4, 0.5) is 0 Å². The Morgan fingerprint density at radius 3 is 2.07 bits per heavy atom. The van der Waals surface area contributed by atoms with Gasteiger partial charge in [-0.25, -0.2) is 4.98 Å². The number of imidazole rings is 1. The predicted octanol–water partition coefficient (Wildman–Crippen LogP) is 11.9. The summed E-state index contributed by atoms with van der Waals surface area (Å²) < 4.78 is 98.8. The summed E-state index contributed by atoms with van der Waals surface area (Å²) in [5, 5.41) is 2.14. The molecule has 10 rings (SSSR count). The number of benzene rings is 7. The van der Waals surface area contributed by atoms with E-state index in [0.717, 1.165) is 34.0 Å². The van der Waals surface area contributed by atoms with E-state index < -0.39 is 60.4 Å². The van der Waals surface area contributed by atoms with Crippen LogP contribution in [0, 0.1) is 6.33 Å². The molecule has 5 nitrogen and oxygen atoms in total. The lowest BCUT2D eigenvalue weighted by molar-refractivity contribution is -0.571. The largest absolute Gasteiger partial charge is 0.458 e. The Hall–Kier alpha value is -7.24. The molecule has 3 heterocycles. The number of ether oxygens (including phenoxy) is 1. The van der Waals surface area contributed by atoms with E-state index in [1.807, 2.05) is 91.1 Å². The summed E-state index contributed by atoms with van der Waals surface area (Å²) in [6.07, 6.45) is 6.13. The van der Waals surface area contributed by atoms with Gasteiger partial charge in [0.2, 0.25) is 0 Å². The molecule has 0 atom stereocenters. The summed E-state index contributed by atoms with van der Waals surface area (Å²) >= 11 is 0. The summed E-state index contributed by atoms with van der Waals surface area (Å²) in [7, 11) is 0. The second-order valence-electron chi connectivity index (χ2n) is 13.0. The van der Waals surface area contributed by atoms with Gasteiger partial charge >= 0.3 is 0 Å². The first-order valence-electron chi connectivity index (χ1n) is 22.9. The number of rotatable bonds is 8. The van der Waals surface area contributed by atoms with Gasteiger partial charge in [-0.15, -0.1) is 0 Å². The molecule has 0 saturated heterocycles. The topological polar surface area (TPSA) is 35.9 Å². The lowest BCUT2D eigenvalue weighted by Gasteiger charge is -2.17. The van der Waals surface area contributed by atoms with Crippen molar-refractivity contribution < 1.29 is 23.0 Å². The van der Waals surface area contributed by atoms with Crippen LogP contribution in [0.2, 0.25) is 0 Å². The van der Waals surface area contributed by atoms with Gasteiger partial charge in [0.1, 0.15) is 17.3 Å². The van der Waals surface area contributed by atoms with E-state index in [-0.39, 0.29) is 27.9 Å². The number of para-hydroxylation sites is 4. The SMILES string of the molecule is [2H]c1c([2H])c([2H])c(-c2cccc(-c3c([2H])c([2H])c([2H])c([2H])c3[2H])c2-[n+]2[c-]n(-c3cccc(Oc4ccc5c6ccccc6n(-c6cc(CC)ccn6)c5c4)c3)c3ccccc32)c([2H])c1[2H]. The lowest BCUT2D eigenvalue weighted by Crippen LogP contribution is -2.31. The van der Waals surface area contributed by atoms with Gasteiger partial charge in [0.15, 0.2) is 0 Å². The fourth-order valence-electron chi connectivity index (χ4n) is 7.26. The lowest BCUT2D eigenvalue weighted by atomic mass is 9.95. The van der Waals surface area contributed by atoms with Crippen LogP contribution in [-0.4, -0.2) is 14.1 Å². The molecule has 0 saturated carbocycles. The van der Waals surface area contributed by atoms with E-state index in [2.05, 4.69) is 36.0 Å². The van der Waals surface area contributed by atoms with Gasteiger partial charge in [-0.05, 0) is 82.8 Å². The molecular weight excluding hydrogens is 673 g/mol. The van der Waals surface area contributed by atoms with Gasteiger partial charge in [-0.1, -0.05) is 134 Å². The average molecular weight is 719 g/mol. The monoisotopic (exact) mass is 718 g/mol. The van der Waals surface area contributed by atoms with E-state index in [9.17, 15) is 0 Å². The highest BCUT2D eigenvalue weighted by Crippen LogP contribution is 2.37. The van der Waals surface area contributed by atoms with E-state index in [1.165, 1.54) is 5.56 Å². The summed E-state index contributed by atoms with van der Waals surface area (Å²) in [6.45, 7) is 2.12. The standard InChI is InChI=1S/C50H36N4O/c1-2-35-29-30-51-49(31-35)54-45-24-10-9-21-43(45)44-28-27-40(33-48(44)54)55-39-20-13-19-38(32-39)52-34-53(47-26-12-11-25-46(47)52)50-41(36-15-5-3-6-16-36)22-14-23-42(50)37-17-7-4-8-18-37/h3-33H,2H2,1H3/i3D,4D,5D,6D,7D,8D,15D,16D,17D,18D. The second kappa shape index (κ2) is 13.6. The van der Waals surface area contributed by atoms with E-state index in [1.54, 1.807) is 27.3 Å². The number of aryl methyl sites for hydroxylation is 1. The molecule has 0 aliphatic carbocycles. The third-order valence-electron chi connectivity index (χ3n) is 9.77. The summed E-state index contributed by atoms with van der Waals surface area (Å²) in [4.78, 5) is 4.75. The van der Waals surface area contributed by atoms with E-state index >= 15 is 0 Å². The number of fused-ring (bicyclic) bond motifs is 4. The summed E-state index contributed by atoms with van der Waals surface area (Å²) in [5.41, 5.74) is 5.24. The van der Waals surface area contributed by atoms with Crippen molar-refractivity contribution in [2.45, 2.75) is 13.3 Å². The minimum absolute atomic E-state index is 0.127. The number of hydrogen-bond donors (Lipinski definition) is 0. The zero-order chi connectivity index (χ0) is 45.4. The van der Waals surface area contributed by atoms with Gasteiger partial charge in [-0.3, -0.25) is 13.7 Å². The van der Waals surface area contributed by atoms with Crippen molar-refractivity contribution in [1.82, 2.24) is 14.1 Å². The Kier molecular flexibility index (Phi) is 5.81. The molecule has 5 heteroatoms. The smallest absolute Gasteiger partial charge is 0.269 e. The van der Waals surface area contributed by atoms with Crippen LogP contribution in [0.15, 0.2) is 188 Å². The molecule has 0 spiro atoms. The quantitative estimate of drug-likeness (QED) is 0.116. The van der Waals surface area contributed by atoms with Gasteiger partial charge in [-0.2, -0.15) is 0 Å². The van der Waals surface area contributed by atoms with Gasteiger partial charge < -0.3 is 4.74 Å². The molecule has 0 N–H and O–H groups in total. The Labute approximate surface area is 333 Å². The highest BCUT2D eigenvalue weighted by Gasteiger charge is 2.20. The third kappa shape index (κ3) is 5.74. The molecule has 3 aromatic heterocycles. The van der Waals surface area contributed by atoms with Crippen molar-refractivity contribution in [2.24, 2.45) is 0 Å². The Morgan fingerprint density at radius 2 is 1.31 bits per heavy atom. The maximum absolute atomic E-state index is 8.98. The summed E-state index contributed by atoms with van der Waals surface area (Å²) in [5.74, 6) is 1.92. The molecule has 55 heavy (non-hydrogen) atoms. The van der Waals surface area contributed by atoms with E-state index in [4.69, 9.17) is 23.4 Å². The van der Waals surface area contributed by atoms with Crippen molar-refractivity contribution in [3.05, 3.63) is 200 Å². The molecular formula is C50H36N4O. The van der Waals surface area contributed by atoms with Crippen LogP contribution >= 0.6 is 0 Å². The first-order valence-corrected chi connectivity index (χ1v) is 17.9. The van der Waals surface area contributed by atoms with Crippen molar-refractivity contribution in [1.29, 1.82) is 0 Å². The average Bonchev–Trinajstić information content (AvgIpc) is 3.87. The Morgan fingerprint density at radius 1 is 0.636 bits per heavy atom. The first kappa shape index (κ1) is 23.4. The van der Waals surface area contributed by atoms with Crippen LogP contribution in [0.5, 0.6) is 11.5 Å². The highest BCUT2D eigenvalue weighted by molar-refractivity contribution is 6.09. The van der Waals surface area contributed by atoms with Crippen LogP contribution < -0.4 is 9.30 Å². The Balaban J connectivity index is 1.15. The number of hydrogen-bond acceptors (Lipinski definition) is 2. The van der Waals surface area contributed by atoms with Crippen molar-refractivity contribution in [3.8, 4) is 50.9 Å². The van der Waals surface area contributed by atoms with Crippen LogP contribution in [-0.2, 0) is 6.42 Å². The van der Waals surface area contributed by atoms with Gasteiger partial charge in [0.25, 0.3) is 6.33 Å². The molecule has 10 aromatic rings. The number of nitrogens with zero attached hydrogens (tertiary/aromatic N) is 4. The zero-order valence-corrected chi connectivity index (χ0v) is 29.5. The molecule has 7 aromatic carbocycles. The molecule has 0 aliphatic rings. The van der Waals surface area contributed by atoms with Gasteiger partial charge in [0, 0.05) is 23.0 Å². The minimum Gasteiger partial charge on any atom is -0.458 e. The zero-order valence-electron chi connectivity index (χ0n) is 39.5. The minimum atomic E-state index is -0.564. The highest BCUT2D eigenvalue weighted by atomic mass is 16.5. The molecule has 0 aliphatic heterocycles. The van der Waals surface area contributed by atoms with Crippen LogP contribution in [0.25, 0.3) is 72.3 Å². The van der Waals surface area contributed by atoms with Crippen LogP contribution in [0.1, 0.15) is 26.2 Å². The van der Waals surface area contributed by atoms with Crippen molar-refractivity contribution >= 4 is 32.8 Å². The second-order valence-corrected chi connectivity index (χ2v) is 13.0. The number of aromatic nitrogens is 4. The van der Waals surface area contributed by atoms with Crippen molar-refractivity contribution in [3.63, 3.8) is 0 Å². The number of pyridine rings is 1. The maximum atomic E-state index is 8.98. The molecule has 0 radical (unpaired) electrons. The first-order chi connectivity index (χ1) is 31.4. The normalized spacial score (nSPS) is 14.0. The molecule has 0 amide bonds. The molecule has 0 fully saturated rings. The Bertz CT molecular complexity index is 3460. The van der Waals surface area contributed by atoms with Gasteiger partial charge in [0.05, 0.1) is 47.1 Å². The van der Waals surface area contributed by atoms with Crippen molar-refractivity contribution in [2.75, 3.05) is 0 Å². The third-order valence-corrected chi connectivity index (χ3v) is 9.77.